The molecule has 2 aliphatic carbocycles. The summed E-state index contributed by atoms with van der Waals surface area (Å²) >= 11 is 0. The third-order valence-corrected chi connectivity index (χ3v) is 3.91. The molecule has 1 heterocycles. The molecule has 3 aliphatic rings. The largest absolute Gasteiger partial charge is 0.493 e. The fourth-order valence-electron chi connectivity index (χ4n) is 2.67. The molecule has 0 aromatic carbocycles. The van der Waals surface area contributed by atoms with Crippen molar-refractivity contribution in [3.63, 3.8) is 0 Å². The predicted molar refractivity (Wildman–Crippen MR) is 83.7 cm³/mol. The lowest BCUT2D eigenvalue weighted by Crippen LogP contribution is -2.38. The minimum atomic E-state index is -0.101. The Morgan fingerprint density at radius 1 is 1.14 bits per heavy atom. The van der Waals surface area contributed by atoms with Crippen LogP contribution in [-0.4, -0.2) is 50.4 Å². The SMILES string of the molecule is NC1C=C(OCCN2CCOCC2)C=CC1=C1C=CC=C1. The maximum atomic E-state index is 6.20. The Bertz CT molecular complexity index is 509. The van der Waals surface area contributed by atoms with Crippen LogP contribution >= 0.6 is 0 Å². The van der Waals surface area contributed by atoms with Gasteiger partial charge in [0.15, 0.2) is 0 Å². The summed E-state index contributed by atoms with van der Waals surface area (Å²) in [6.07, 6.45) is 14.3. The summed E-state index contributed by atoms with van der Waals surface area (Å²) in [7, 11) is 0. The van der Waals surface area contributed by atoms with Crippen molar-refractivity contribution in [3.8, 4) is 0 Å². The first-order valence-electron chi connectivity index (χ1n) is 7.50. The third-order valence-electron chi connectivity index (χ3n) is 3.91. The topological polar surface area (TPSA) is 47.7 Å². The molecule has 0 radical (unpaired) electrons. The maximum Gasteiger partial charge on any atom is 0.117 e. The van der Waals surface area contributed by atoms with Crippen molar-refractivity contribution in [2.75, 3.05) is 39.5 Å². The molecule has 1 aliphatic heterocycles. The van der Waals surface area contributed by atoms with Crippen molar-refractivity contribution in [1.29, 1.82) is 0 Å². The number of nitrogens with two attached hydrogens (primary N) is 1. The molecule has 21 heavy (non-hydrogen) atoms. The Balaban J connectivity index is 1.50. The maximum absolute atomic E-state index is 6.20. The van der Waals surface area contributed by atoms with Gasteiger partial charge in [-0.2, -0.15) is 0 Å². The van der Waals surface area contributed by atoms with E-state index in [0.717, 1.165) is 44.2 Å². The zero-order chi connectivity index (χ0) is 14.5. The third kappa shape index (κ3) is 3.73. The molecule has 1 unspecified atom stereocenters. The van der Waals surface area contributed by atoms with Crippen LogP contribution in [0, 0.1) is 0 Å². The number of ether oxygens (including phenoxy) is 2. The first-order valence-corrected chi connectivity index (χ1v) is 7.50. The Morgan fingerprint density at radius 3 is 2.62 bits per heavy atom. The Labute approximate surface area is 125 Å². The summed E-state index contributed by atoms with van der Waals surface area (Å²) in [6.45, 7) is 5.26. The normalized spacial score (nSPS) is 25.6. The van der Waals surface area contributed by atoms with E-state index in [1.54, 1.807) is 0 Å². The number of hydrogen-bond donors (Lipinski definition) is 1. The lowest BCUT2D eigenvalue weighted by Gasteiger charge is -2.26. The summed E-state index contributed by atoms with van der Waals surface area (Å²) in [5.41, 5.74) is 8.53. The summed E-state index contributed by atoms with van der Waals surface area (Å²) < 4.78 is 11.2. The zero-order valence-corrected chi connectivity index (χ0v) is 12.2. The van der Waals surface area contributed by atoms with Gasteiger partial charge in [-0.05, 0) is 23.3 Å². The second kappa shape index (κ2) is 6.89. The van der Waals surface area contributed by atoms with Crippen molar-refractivity contribution in [1.82, 2.24) is 4.90 Å². The van der Waals surface area contributed by atoms with E-state index < -0.39 is 0 Å². The van der Waals surface area contributed by atoms with Crippen molar-refractivity contribution >= 4 is 0 Å². The van der Waals surface area contributed by atoms with Gasteiger partial charge in [-0.25, -0.2) is 0 Å². The van der Waals surface area contributed by atoms with Crippen molar-refractivity contribution in [2.24, 2.45) is 5.73 Å². The average molecular weight is 286 g/mol. The first-order chi connectivity index (χ1) is 10.3. The molecular weight excluding hydrogens is 264 g/mol. The summed E-state index contributed by atoms with van der Waals surface area (Å²) in [5.74, 6) is 0.867. The van der Waals surface area contributed by atoms with Gasteiger partial charge in [-0.1, -0.05) is 30.4 Å². The quantitative estimate of drug-likeness (QED) is 0.851. The first kappa shape index (κ1) is 14.3. The van der Waals surface area contributed by atoms with Crippen molar-refractivity contribution in [3.05, 3.63) is 59.4 Å². The van der Waals surface area contributed by atoms with Gasteiger partial charge in [-0.3, -0.25) is 4.90 Å². The van der Waals surface area contributed by atoms with Gasteiger partial charge < -0.3 is 15.2 Å². The Morgan fingerprint density at radius 2 is 1.90 bits per heavy atom. The number of hydrogen-bond acceptors (Lipinski definition) is 4. The minimum Gasteiger partial charge on any atom is -0.493 e. The van der Waals surface area contributed by atoms with E-state index in [1.807, 2.05) is 24.3 Å². The second-order valence-corrected chi connectivity index (χ2v) is 5.36. The molecule has 0 aromatic heterocycles. The second-order valence-electron chi connectivity index (χ2n) is 5.36. The number of rotatable bonds is 4. The van der Waals surface area contributed by atoms with Crippen LogP contribution in [0.25, 0.3) is 0 Å². The van der Waals surface area contributed by atoms with E-state index >= 15 is 0 Å². The monoisotopic (exact) mass is 286 g/mol. The number of allylic oxidation sites excluding steroid dienone is 6. The molecule has 1 saturated heterocycles. The summed E-state index contributed by atoms with van der Waals surface area (Å²) in [4.78, 5) is 2.36. The minimum absolute atomic E-state index is 0.101. The molecule has 0 bridgehead atoms. The van der Waals surface area contributed by atoms with Gasteiger partial charge in [0, 0.05) is 19.6 Å². The smallest absolute Gasteiger partial charge is 0.117 e. The van der Waals surface area contributed by atoms with Crippen LogP contribution in [0.1, 0.15) is 0 Å². The van der Waals surface area contributed by atoms with E-state index in [0.29, 0.717) is 6.61 Å². The molecule has 0 spiro atoms. The molecule has 2 N–H and O–H groups in total. The van der Waals surface area contributed by atoms with Gasteiger partial charge in [0.2, 0.25) is 0 Å². The fraction of sp³-hybridized carbons (Fsp3) is 0.412. The lowest BCUT2D eigenvalue weighted by atomic mass is 9.97. The highest BCUT2D eigenvalue weighted by molar-refractivity contribution is 5.52. The molecule has 1 atom stereocenters. The van der Waals surface area contributed by atoms with Crippen LogP contribution in [0.5, 0.6) is 0 Å². The lowest BCUT2D eigenvalue weighted by molar-refractivity contribution is 0.0280. The van der Waals surface area contributed by atoms with E-state index in [4.69, 9.17) is 15.2 Å². The van der Waals surface area contributed by atoms with Gasteiger partial charge in [0.25, 0.3) is 0 Å². The van der Waals surface area contributed by atoms with Crippen LogP contribution in [-0.2, 0) is 9.47 Å². The van der Waals surface area contributed by atoms with Gasteiger partial charge in [0.05, 0.1) is 19.3 Å². The Hall–Kier alpha value is -1.62. The molecule has 3 rings (SSSR count). The van der Waals surface area contributed by atoms with Crippen LogP contribution in [0.3, 0.4) is 0 Å². The van der Waals surface area contributed by atoms with Gasteiger partial charge >= 0.3 is 0 Å². The molecule has 0 saturated carbocycles. The van der Waals surface area contributed by atoms with Gasteiger partial charge in [-0.15, -0.1) is 0 Å². The fourth-order valence-corrected chi connectivity index (χ4v) is 2.67. The average Bonchev–Trinajstić information content (AvgIpc) is 3.02. The molecular formula is C17H22N2O2. The highest BCUT2D eigenvalue weighted by Crippen LogP contribution is 2.22. The molecule has 112 valence electrons. The molecule has 0 aromatic rings. The number of nitrogens with zero attached hydrogens (tertiary/aromatic N) is 1. The standard InChI is InChI=1S/C17H22N2O2/c18-17-13-15(5-6-16(17)14-3-1-2-4-14)21-12-9-19-7-10-20-11-8-19/h1-6,13,17H,7-12,18H2. The molecule has 4 heteroatoms. The highest BCUT2D eigenvalue weighted by Gasteiger charge is 2.15. The Kier molecular flexibility index (Phi) is 4.70. The zero-order valence-electron chi connectivity index (χ0n) is 12.2. The van der Waals surface area contributed by atoms with Crippen molar-refractivity contribution in [2.45, 2.75) is 6.04 Å². The highest BCUT2D eigenvalue weighted by atomic mass is 16.5. The van der Waals surface area contributed by atoms with Crippen LogP contribution in [0.15, 0.2) is 59.4 Å². The van der Waals surface area contributed by atoms with E-state index in [9.17, 15) is 0 Å². The summed E-state index contributed by atoms with van der Waals surface area (Å²) in [5, 5.41) is 0. The van der Waals surface area contributed by atoms with Crippen LogP contribution < -0.4 is 5.73 Å². The van der Waals surface area contributed by atoms with E-state index in [2.05, 4.69) is 23.1 Å². The number of morpholine rings is 1. The van der Waals surface area contributed by atoms with Gasteiger partial charge in [0.1, 0.15) is 12.4 Å². The molecule has 4 nitrogen and oxygen atoms in total. The van der Waals surface area contributed by atoms with E-state index in [-0.39, 0.29) is 6.04 Å². The van der Waals surface area contributed by atoms with Crippen molar-refractivity contribution < 1.29 is 9.47 Å². The summed E-state index contributed by atoms with van der Waals surface area (Å²) in [6, 6.07) is -0.101. The molecule has 1 fully saturated rings. The predicted octanol–water partition coefficient (Wildman–Crippen LogP) is 1.54. The van der Waals surface area contributed by atoms with E-state index in [1.165, 1.54) is 5.57 Å². The van der Waals surface area contributed by atoms with Crippen LogP contribution in [0.2, 0.25) is 0 Å². The molecule has 0 amide bonds. The van der Waals surface area contributed by atoms with Crippen LogP contribution in [0.4, 0.5) is 0 Å².